The van der Waals surface area contributed by atoms with Crippen molar-refractivity contribution in [3.63, 3.8) is 0 Å². The molecule has 1 aromatic rings. The maximum atomic E-state index is 12.1. The fourth-order valence-electron chi connectivity index (χ4n) is 2.22. The summed E-state index contributed by atoms with van der Waals surface area (Å²) in [6.07, 6.45) is 1.90. The number of esters is 1. The quantitative estimate of drug-likeness (QED) is 0.405. The van der Waals surface area contributed by atoms with E-state index in [-0.39, 0.29) is 23.2 Å². The van der Waals surface area contributed by atoms with Crippen LogP contribution in [0, 0.1) is 27.4 Å². The number of rotatable bonds is 8. The minimum absolute atomic E-state index is 0.0252. The lowest BCUT2D eigenvalue weighted by Gasteiger charge is -2.27. The third-order valence-corrected chi connectivity index (χ3v) is 4.49. The average Bonchev–Trinajstić information content (AvgIpc) is 3.43. The summed E-state index contributed by atoms with van der Waals surface area (Å²) in [5, 5.41) is 26.0. The molecule has 2 N–H and O–H groups in total. The van der Waals surface area contributed by atoms with Crippen molar-refractivity contribution in [3.05, 3.63) is 33.9 Å². The van der Waals surface area contributed by atoms with Gasteiger partial charge in [0.1, 0.15) is 11.2 Å². The number of benzene rings is 1. The molecule has 1 amide bonds. The predicted octanol–water partition coefficient (Wildman–Crippen LogP) is 2.38. The summed E-state index contributed by atoms with van der Waals surface area (Å²) in [7, 11) is 0. The van der Waals surface area contributed by atoms with Crippen molar-refractivity contribution in [1.29, 1.82) is 5.26 Å². The Morgan fingerprint density at radius 3 is 2.63 bits per heavy atom. The standard InChI is InChI=1S/C18H22N4O5/c1-11(2)18(3,10-19)21-16(23)9-27-17(24)12-4-7-14(20-13-5-6-13)15(8-12)22(25)26/h4,7-8,11,13,20H,5-6,9H2,1-3H3,(H,21,23)/t18-/m1/s1. The van der Waals surface area contributed by atoms with Crippen LogP contribution in [-0.4, -0.2) is 35.0 Å². The number of hydrogen-bond acceptors (Lipinski definition) is 7. The van der Waals surface area contributed by atoms with Gasteiger partial charge in [0.25, 0.3) is 11.6 Å². The van der Waals surface area contributed by atoms with Crippen LogP contribution < -0.4 is 10.6 Å². The van der Waals surface area contributed by atoms with Crippen molar-refractivity contribution in [2.45, 2.75) is 45.2 Å². The largest absolute Gasteiger partial charge is 0.452 e. The Bertz CT molecular complexity index is 797. The molecule has 1 aliphatic rings. The van der Waals surface area contributed by atoms with E-state index in [1.54, 1.807) is 20.8 Å². The molecule has 0 aliphatic heterocycles. The number of hydrogen-bond donors (Lipinski definition) is 2. The second-order valence-electron chi connectivity index (χ2n) is 7.00. The number of nitrogens with one attached hydrogen (secondary N) is 2. The number of ether oxygens (including phenoxy) is 1. The fraction of sp³-hybridized carbons (Fsp3) is 0.500. The van der Waals surface area contributed by atoms with Gasteiger partial charge in [0.2, 0.25) is 0 Å². The third kappa shape index (κ3) is 5.17. The van der Waals surface area contributed by atoms with E-state index in [4.69, 9.17) is 4.74 Å². The van der Waals surface area contributed by atoms with Gasteiger partial charge in [-0.05, 0) is 37.8 Å². The summed E-state index contributed by atoms with van der Waals surface area (Å²) in [6.45, 7) is 4.56. The molecule has 144 valence electrons. The lowest BCUT2D eigenvalue weighted by Crippen LogP contribution is -2.50. The van der Waals surface area contributed by atoms with Crippen LogP contribution in [0.25, 0.3) is 0 Å². The first-order valence-electron chi connectivity index (χ1n) is 8.60. The smallest absolute Gasteiger partial charge is 0.338 e. The van der Waals surface area contributed by atoms with Crippen LogP contribution in [0.4, 0.5) is 11.4 Å². The number of nitro groups is 1. The van der Waals surface area contributed by atoms with E-state index in [1.165, 1.54) is 12.1 Å². The second kappa shape index (κ2) is 8.03. The van der Waals surface area contributed by atoms with E-state index in [0.717, 1.165) is 18.9 Å². The van der Waals surface area contributed by atoms with Gasteiger partial charge in [-0.25, -0.2) is 4.79 Å². The summed E-state index contributed by atoms with van der Waals surface area (Å²) in [5.74, 6) is -1.62. The number of anilines is 1. The Balaban J connectivity index is 2.01. The number of nitro benzene ring substituents is 1. The van der Waals surface area contributed by atoms with Gasteiger partial charge in [0, 0.05) is 12.1 Å². The molecular formula is C18H22N4O5. The first kappa shape index (κ1) is 20.2. The number of carbonyl (C=O) groups is 2. The zero-order valence-electron chi connectivity index (χ0n) is 15.4. The van der Waals surface area contributed by atoms with Crippen LogP contribution in [0.15, 0.2) is 18.2 Å². The number of nitrogens with zero attached hydrogens (tertiary/aromatic N) is 2. The average molecular weight is 374 g/mol. The molecule has 9 heteroatoms. The number of nitriles is 1. The molecule has 9 nitrogen and oxygen atoms in total. The van der Waals surface area contributed by atoms with Gasteiger partial charge in [-0.3, -0.25) is 14.9 Å². The van der Waals surface area contributed by atoms with Gasteiger partial charge in [0.05, 0.1) is 16.6 Å². The monoisotopic (exact) mass is 374 g/mol. The molecular weight excluding hydrogens is 352 g/mol. The van der Waals surface area contributed by atoms with E-state index in [0.29, 0.717) is 5.69 Å². The summed E-state index contributed by atoms with van der Waals surface area (Å²) in [4.78, 5) is 34.7. The number of carbonyl (C=O) groups excluding carboxylic acids is 2. The molecule has 2 rings (SSSR count). The molecule has 1 fully saturated rings. The molecule has 1 aliphatic carbocycles. The highest BCUT2D eigenvalue weighted by molar-refractivity contribution is 5.93. The van der Waals surface area contributed by atoms with Crippen LogP contribution in [-0.2, 0) is 9.53 Å². The van der Waals surface area contributed by atoms with Crippen molar-refractivity contribution in [1.82, 2.24) is 5.32 Å². The van der Waals surface area contributed by atoms with Crippen molar-refractivity contribution >= 4 is 23.3 Å². The summed E-state index contributed by atoms with van der Waals surface area (Å²) in [5.41, 5.74) is -0.989. The van der Waals surface area contributed by atoms with E-state index in [1.807, 2.05) is 6.07 Å². The molecule has 0 saturated heterocycles. The van der Waals surface area contributed by atoms with Crippen LogP contribution in [0.2, 0.25) is 0 Å². The number of amides is 1. The summed E-state index contributed by atoms with van der Waals surface area (Å²) >= 11 is 0. The SMILES string of the molecule is CC(C)[C@@](C)(C#N)NC(=O)COC(=O)c1ccc(NC2CC2)c([N+](=O)[O-])c1. The van der Waals surface area contributed by atoms with E-state index < -0.39 is 28.9 Å². The summed E-state index contributed by atoms with van der Waals surface area (Å²) < 4.78 is 4.92. The zero-order valence-corrected chi connectivity index (χ0v) is 15.4. The molecule has 0 radical (unpaired) electrons. The maximum absolute atomic E-state index is 12.1. The van der Waals surface area contributed by atoms with E-state index in [2.05, 4.69) is 10.6 Å². The van der Waals surface area contributed by atoms with Gasteiger partial charge in [-0.15, -0.1) is 0 Å². The van der Waals surface area contributed by atoms with Crippen molar-refractivity contribution < 1.29 is 19.2 Å². The third-order valence-electron chi connectivity index (χ3n) is 4.49. The van der Waals surface area contributed by atoms with Gasteiger partial charge in [-0.2, -0.15) is 5.26 Å². The molecule has 0 bridgehead atoms. The molecule has 0 unspecified atom stereocenters. The Labute approximate surface area is 156 Å². The Hall–Kier alpha value is -3.15. The molecule has 1 aromatic carbocycles. The van der Waals surface area contributed by atoms with Crippen molar-refractivity contribution in [2.75, 3.05) is 11.9 Å². The lowest BCUT2D eigenvalue weighted by atomic mass is 9.90. The van der Waals surface area contributed by atoms with Crippen molar-refractivity contribution in [3.8, 4) is 6.07 Å². The fourth-order valence-corrected chi connectivity index (χ4v) is 2.22. The summed E-state index contributed by atoms with van der Waals surface area (Å²) in [6, 6.07) is 6.23. The molecule has 0 heterocycles. The highest BCUT2D eigenvalue weighted by atomic mass is 16.6. The van der Waals surface area contributed by atoms with E-state index in [9.17, 15) is 25.0 Å². The van der Waals surface area contributed by atoms with Gasteiger partial charge in [0.15, 0.2) is 6.61 Å². The first-order valence-corrected chi connectivity index (χ1v) is 8.60. The highest BCUT2D eigenvalue weighted by Gasteiger charge is 2.30. The van der Waals surface area contributed by atoms with Gasteiger partial charge in [-0.1, -0.05) is 13.8 Å². The molecule has 1 atom stereocenters. The van der Waals surface area contributed by atoms with Crippen LogP contribution in [0.5, 0.6) is 0 Å². The lowest BCUT2D eigenvalue weighted by molar-refractivity contribution is -0.384. The predicted molar refractivity (Wildman–Crippen MR) is 97.0 cm³/mol. The maximum Gasteiger partial charge on any atom is 0.338 e. The molecule has 0 aromatic heterocycles. The van der Waals surface area contributed by atoms with Crippen LogP contribution >= 0.6 is 0 Å². The Kier molecular flexibility index (Phi) is 6.00. The van der Waals surface area contributed by atoms with Crippen LogP contribution in [0.1, 0.15) is 44.0 Å². The minimum atomic E-state index is -1.08. The van der Waals surface area contributed by atoms with E-state index >= 15 is 0 Å². The normalized spacial score (nSPS) is 15.4. The van der Waals surface area contributed by atoms with Crippen LogP contribution in [0.3, 0.4) is 0 Å². The van der Waals surface area contributed by atoms with Crippen molar-refractivity contribution in [2.24, 2.45) is 5.92 Å². The highest BCUT2D eigenvalue weighted by Crippen LogP contribution is 2.31. The Morgan fingerprint density at radius 1 is 1.44 bits per heavy atom. The molecule has 0 spiro atoms. The Morgan fingerprint density at radius 2 is 2.11 bits per heavy atom. The topological polar surface area (TPSA) is 134 Å². The minimum Gasteiger partial charge on any atom is -0.452 e. The molecule has 27 heavy (non-hydrogen) atoms. The second-order valence-corrected chi connectivity index (χ2v) is 7.00. The van der Waals surface area contributed by atoms with Gasteiger partial charge >= 0.3 is 5.97 Å². The first-order chi connectivity index (χ1) is 12.7. The molecule has 1 saturated carbocycles. The zero-order chi connectivity index (χ0) is 20.2. The van der Waals surface area contributed by atoms with Gasteiger partial charge < -0.3 is 15.4 Å².